The van der Waals surface area contributed by atoms with Gasteiger partial charge in [-0.05, 0) is 39.0 Å². The van der Waals surface area contributed by atoms with Crippen LogP contribution >= 0.6 is 11.6 Å². The van der Waals surface area contributed by atoms with Crippen LogP contribution in [0.5, 0.6) is 5.75 Å². The standard InChI is InChI=1S/C22H22ClF3N2O5/c1-21(2,3)33-20(30)17(7-8-32-22(24,25)26)28-12-18(31-4)16(10-19(28)29)15-9-14(23)6-5-13(15)11-27/h5-6,9-10,12,17H,7-8H2,1-4H3. The van der Waals surface area contributed by atoms with Crippen molar-refractivity contribution in [1.29, 1.82) is 5.26 Å². The van der Waals surface area contributed by atoms with E-state index in [2.05, 4.69) is 4.74 Å². The Labute approximate surface area is 193 Å². The summed E-state index contributed by atoms with van der Waals surface area (Å²) in [6.45, 7) is 3.88. The maximum atomic E-state index is 13.0. The van der Waals surface area contributed by atoms with E-state index in [9.17, 15) is 28.0 Å². The average Bonchev–Trinajstić information content (AvgIpc) is 2.69. The summed E-state index contributed by atoms with van der Waals surface area (Å²) < 4.78 is 52.7. The molecule has 7 nitrogen and oxygen atoms in total. The predicted octanol–water partition coefficient (Wildman–Crippen LogP) is 4.86. The van der Waals surface area contributed by atoms with Gasteiger partial charge in [0.25, 0.3) is 5.56 Å². The van der Waals surface area contributed by atoms with Gasteiger partial charge in [-0.1, -0.05) is 11.6 Å². The molecule has 0 amide bonds. The zero-order valence-corrected chi connectivity index (χ0v) is 19.1. The number of carbonyl (C=O) groups excluding carboxylic acids is 1. The molecular formula is C22H22ClF3N2O5. The summed E-state index contributed by atoms with van der Waals surface area (Å²) in [5, 5.41) is 9.72. The van der Waals surface area contributed by atoms with Crippen molar-refractivity contribution in [2.45, 2.75) is 45.2 Å². The zero-order valence-electron chi connectivity index (χ0n) is 18.3. The van der Waals surface area contributed by atoms with Crippen LogP contribution in [0.2, 0.25) is 5.02 Å². The lowest BCUT2D eigenvalue weighted by Crippen LogP contribution is -2.35. The Kier molecular flexibility index (Phi) is 8.16. The molecule has 0 spiro atoms. The van der Waals surface area contributed by atoms with E-state index in [1.54, 1.807) is 20.8 Å². The summed E-state index contributed by atoms with van der Waals surface area (Å²) in [6, 6.07) is 6.15. The molecule has 0 bridgehead atoms. The molecule has 0 saturated carbocycles. The van der Waals surface area contributed by atoms with Crippen molar-refractivity contribution in [3.05, 3.63) is 51.4 Å². The van der Waals surface area contributed by atoms with E-state index < -0.39 is 42.6 Å². The van der Waals surface area contributed by atoms with Gasteiger partial charge in [0.1, 0.15) is 17.4 Å². The molecule has 0 aliphatic rings. The van der Waals surface area contributed by atoms with Crippen molar-refractivity contribution >= 4 is 17.6 Å². The van der Waals surface area contributed by atoms with Gasteiger partial charge in [-0.25, -0.2) is 4.79 Å². The molecule has 0 N–H and O–H groups in total. The van der Waals surface area contributed by atoms with Gasteiger partial charge in [-0.2, -0.15) is 5.26 Å². The van der Waals surface area contributed by atoms with Crippen LogP contribution in [0.1, 0.15) is 38.8 Å². The molecule has 11 heteroatoms. The van der Waals surface area contributed by atoms with E-state index in [1.165, 1.54) is 31.5 Å². The number of halogens is 4. The molecule has 0 radical (unpaired) electrons. The van der Waals surface area contributed by atoms with Crippen LogP contribution in [-0.4, -0.2) is 36.2 Å². The van der Waals surface area contributed by atoms with Crippen LogP contribution in [0.3, 0.4) is 0 Å². The smallest absolute Gasteiger partial charge is 0.495 e. The number of benzene rings is 1. The van der Waals surface area contributed by atoms with Crippen molar-refractivity contribution < 1.29 is 32.2 Å². The fourth-order valence-corrected chi connectivity index (χ4v) is 3.18. The van der Waals surface area contributed by atoms with Crippen molar-refractivity contribution in [1.82, 2.24) is 4.57 Å². The second-order valence-corrected chi connectivity index (χ2v) is 8.37. The highest BCUT2D eigenvalue weighted by Crippen LogP contribution is 2.34. The highest BCUT2D eigenvalue weighted by molar-refractivity contribution is 6.31. The van der Waals surface area contributed by atoms with Crippen molar-refractivity contribution in [2.24, 2.45) is 0 Å². The van der Waals surface area contributed by atoms with E-state index in [4.69, 9.17) is 21.1 Å². The zero-order chi connectivity index (χ0) is 25.0. The van der Waals surface area contributed by atoms with Crippen LogP contribution < -0.4 is 10.3 Å². The summed E-state index contributed by atoms with van der Waals surface area (Å²) in [5.41, 5.74) is -0.904. The molecule has 0 saturated heterocycles. The van der Waals surface area contributed by atoms with Crippen molar-refractivity contribution in [2.75, 3.05) is 13.7 Å². The van der Waals surface area contributed by atoms with Gasteiger partial charge in [-0.3, -0.25) is 14.1 Å². The number of aromatic nitrogens is 1. The van der Waals surface area contributed by atoms with Gasteiger partial charge < -0.3 is 9.47 Å². The predicted molar refractivity (Wildman–Crippen MR) is 114 cm³/mol. The molecule has 2 aromatic rings. The van der Waals surface area contributed by atoms with Gasteiger partial charge >= 0.3 is 12.3 Å². The number of esters is 1. The molecule has 1 aromatic carbocycles. The first kappa shape index (κ1) is 26.2. The van der Waals surface area contributed by atoms with E-state index in [-0.39, 0.29) is 16.9 Å². The summed E-state index contributed by atoms with van der Waals surface area (Å²) in [5.74, 6) is -0.815. The van der Waals surface area contributed by atoms with E-state index in [1.807, 2.05) is 6.07 Å². The largest absolute Gasteiger partial charge is 0.522 e. The van der Waals surface area contributed by atoms with Crippen LogP contribution in [-0.2, 0) is 14.3 Å². The Balaban J connectivity index is 2.58. The number of carbonyl (C=O) groups is 1. The minimum atomic E-state index is -4.90. The summed E-state index contributed by atoms with van der Waals surface area (Å²) in [6.07, 6.45) is -4.20. The Morgan fingerprint density at radius 1 is 1.21 bits per heavy atom. The molecule has 0 aliphatic carbocycles. The lowest BCUT2D eigenvalue weighted by atomic mass is 10.00. The SMILES string of the molecule is COc1cn(C(CCOC(F)(F)F)C(=O)OC(C)(C)C)c(=O)cc1-c1cc(Cl)ccc1C#N. The van der Waals surface area contributed by atoms with Gasteiger partial charge in [0.15, 0.2) is 0 Å². The number of methoxy groups -OCH3 is 1. The average molecular weight is 487 g/mol. The number of rotatable bonds is 7. The van der Waals surface area contributed by atoms with Crippen molar-refractivity contribution in [3.8, 4) is 22.9 Å². The first-order valence-corrected chi connectivity index (χ1v) is 10.1. The molecule has 2 rings (SSSR count). The summed E-state index contributed by atoms with van der Waals surface area (Å²) in [7, 11) is 1.31. The van der Waals surface area contributed by atoms with Crippen LogP contribution in [0.15, 0.2) is 35.3 Å². The minimum absolute atomic E-state index is 0.0960. The van der Waals surface area contributed by atoms with Gasteiger partial charge in [0.2, 0.25) is 0 Å². The Morgan fingerprint density at radius 2 is 1.88 bits per heavy atom. The van der Waals surface area contributed by atoms with E-state index >= 15 is 0 Å². The molecule has 0 fully saturated rings. The number of pyridine rings is 1. The quantitative estimate of drug-likeness (QED) is 0.519. The number of ether oxygens (including phenoxy) is 3. The lowest BCUT2D eigenvalue weighted by molar-refractivity contribution is -0.325. The van der Waals surface area contributed by atoms with Crippen molar-refractivity contribution in [3.63, 3.8) is 0 Å². The maximum absolute atomic E-state index is 13.0. The summed E-state index contributed by atoms with van der Waals surface area (Å²) >= 11 is 6.04. The molecule has 0 aliphatic heterocycles. The van der Waals surface area contributed by atoms with E-state index in [0.717, 1.165) is 10.6 Å². The summed E-state index contributed by atoms with van der Waals surface area (Å²) in [4.78, 5) is 25.7. The third-order valence-corrected chi connectivity index (χ3v) is 4.56. The van der Waals surface area contributed by atoms with Crippen LogP contribution in [0, 0.1) is 11.3 Å². The Morgan fingerprint density at radius 3 is 2.42 bits per heavy atom. The van der Waals surface area contributed by atoms with Crippen LogP contribution in [0.25, 0.3) is 11.1 Å². The molecule has 178 valence electrons. The topological polar surface area (TPSA) is 90.5 Å². The van der Waals surface area contributed by atoms with Gasteiger partial charge in [0.05, 0.1) is 31.5 Å². The molecular weight excluding hydrogens is 465 g/mol. The molecule has 1 heterocycles. The third-order valence-electron chi connectivity index (χ3n) is 4.33. The Hall–Kier alpha value is -3.03. The maximum Gasteiger partial charge on any atom is 0.522 e. The normalized spacial score (nSPS) is 12.7. The van der Waals surface area contributed by atoms with Gasteiger partial charge in [-0.15, -0.1) is 13.2 Å². The number of nitriles is 1. The second kappa shape index (κ2) is 10.3. The number of alkyl halides is 3. The lowest BCUT2D eigenvalue weighted by Gasteiger charge is -2.26. The molecule has 1 aromatic heterocycles. The molecule has 1 atom stereocenters. The molecule has 33 heavy (non-hydrogen) atoms. The highest BCUT2D eigenvalue weighted by atomic mass is 35.5. The highest BCUT2D eigenvalue weighted by Gasteiger charge is 2.32. The first-order chi connectivity index (χ1) is 15.3. The monoisotopic (exact) mass is 486 g/mol. The number of hydrogen-bond donors (Lipinski definition) is 0. The Bertz CT molecular complexity index is 1120. The fraction of sp³-hybridized carbons (Fsp3) is 0.409. The third kappa shape index (κ3) is 7.23. The molecule has 1 unspecified atom stereocenters. The van der Waals surface area contributed by atoms with E-state index in [0.29, 0.717) is 10.6 Å². The minimum Gasteiger partial charge on any atom is -0.495 e. The number of hydrogen-bond acceptors (Lipinski definition) is 6. The number of nitrogens with zero attached hydrogens (tertiary/aromatic N) is 2. The van der Waals surface area contributed by atoms with Gasteiger partial charge in [0, 0.05) is 28.6 Å². The second-order valence-electron chi connectivity index (χ2n) is 7.93. The first-order valence-electron chi connectivity index (χ1n) is 9.69. The van der Waals surface area contributed by atoms with Crippen LogP contribution in [0.4, 0.5) is 13.2 Å². The fourth-order valence-electron chi connectivity index (χ4n) is 3.01.